The molecule has 0 saturated heterocycles. The number of nitrogens with one attached hydrogen (secondary N) is 1. The zero-order valence-electron chi connectivity index (χ0n) is 22.9. The van der Waals surface area contributed by atoms with Crippen LogP contribution in [0.5, 0.6) is 17.2 Å². The number of amides is 1. The van der Waals surface area contributed by atoms with Crippen LogP contribution < -0.4 is 23.8 Å². The van der Waals surface area contributed by atoms with Crippen molar-refractivity contribution >= 4 is 33.3 Å². The molecule has 10 nitrogen and oxygen atoms in total. The summed E-state index contributed by atoms with van der Waals surface area (Å²) in [6.45, 7) is 4.83. The van der Waals surface area contributed by atoms with E-state index in [4.69, 9.17) is 18.9 Å². The number of rotatable bonds is 10. The molecule has 0 spiro atoms. The second kappa shape index (κ2) is 12.1. The van der Waals surface area contributed by atoms with E-state index < -0.39 is 28.4 Å². The van der Waals surface area contributed by atoms with Crippen LogP contribution in [0.15, 0.2) is 53.4 Å². The molecule has 0 heterocycles. The molecular formula is C28H32N2O8S. The van der Waals surface area contributed by atoms with E-state index >= 15 is 0 Å². The molecule has 1 amide bonds. The molecule has 0 saturated carbocycles. The maximum atomic E-state index is 14.0. The minimum absolute atomic E-state index is 0.00432. The van der Waals surface area contributed by atoms with Crippen molar-refractivity contribution in [3.8, 4) is 17.2 Å². The van der Waals surface area contributed by atoms with Gasteiger partial charge in [0.1, 0.15) is 17.2 Å². The number of ether oxygens (including phenoxy) is 4. The van der Waals surface area contributed by atoms with Crippen LogP contribution in [0.3, 0.4) is 0 Å². The third-order valence-electron chi connectivity index (χ3n) is 5.87. The predicted octanol–water partition coefficient (Wildman–Crippen LogP) is 4.26. The van der Waals surface area contributed by atoms with Crippen molar-refractivity contribution in [1.82, 2.24) is 0 Å². The highest BCUT2D eigenvalue weighted by Crippen LogP contribution is 2.35. The van der Waals surface area contributed by atoms with Gasteiger partial charge in [-0.1, -0.05) is 12.1 Å². The first kappa shape index (κ1) is 29.3. The van der Waals surface area contributed by atoms with Crippen LogP contribution >= 0.6 is 0 Å². The second-order valence-corrected chi connectivity index (χ2v) is 10.6. The van der Waals surface area contributed by atoms with Crippen molar-refractivity contribution in [2.75, 3.05) is 44.6 Å². The number of hydrogen-bond donors (Lipinski definition) is 1. The standard InChI is InChI=1S/C28H32N2O8S/c1-17-8-9-23(35-4)26(13-17)39(33,34)30(20-11-18(2)10-19(3)12-20)16-27(31)29-22-15-25(37-6)24(36-5)14-21(22)28(32)38-7/h8-15H,16H2,1-7H3,(H,29,31). The lowest BCUT2D eigenvalue weighted by atomic mass is 10.1. The number of anilines is 2. The number of carbonyl (C=O) groups is 2. The van der Waals surface area contributed by atoms with Gasteiger partial charge in [-0.05, 0) is 61.7 Å². The largest absolute Gasteiger partial charge is 0.495 e. The number of sulfonamides is 1. The van der Waals surface area contributed by atoms with Gasteiger partial charge in [0.15, 0.2) is 11.5 Å². The van der Waals surface area contributed by atoms with Gasteiger partial charge in [0.25, 0.3) is 10.0 Å². The molecule has 3 aromatic carbocycles. The molecule has 39 heavy (non-hydrogen) atoms. The molecular weight excluding hydrogens is 524 g/mol. The summed E-state index contributed by atoms with van der Waals surface area (Å²) < 4.78 is 49.8. The van der Waals surface area contributed by atoms with Crippen LogP contribution in [0.1, 0.15) is 27.0 Å². The van der Waals surface area contributed by atoms with Gasteiger partial charge < -0.3 is 24.3 Å². The zero-order valence-corrected chi connectivity index (χ0v) is 23.8. The molecule has 0 atom stereocenters. The number of methoxy groups -OCH3 is 4. The molecule has 3 aromatic rings. The summed E-state index contributed by atoms with van der Waals surface area (Å²) in [5.41, 5.74) is 2.70. The zero-order chi connectivity index (χ0) is 28.9. The van der Waals surface area contributed by atoms with E-state index in [1.807, 2.05) is 19.9 Å². The number of hydrogen-bond acceptors (Lipinski definition) is 8. The van der Waals surface area contributed by atoms with E-state index in [1.54, 1.807) is 31.2 Å². The minimum atomic E-state index is -4.28. The second-order valence-electron chi connectivity index (χ2n) is 8.80. The lowest BCUT2D eigenvalue weighted by Crippen LogP contribution is -2.38. The SMILES string of the molecule is COC(=O)c1cc(OC)c(OC)cc1NC(=O)CN(c1cc(C)cc(C)c1)S(=O)(=O)c1cc(C)ccc1OC. The van der Waals surface area contributed by atoms with Crippen LogP contribution in [0.25, 0.3) is 0 Å². The van der Waals surface area contributed by atoms with Crippen molar-refractivity contribution in [1.29, 1.82) is 0 Å². The molecule has 0 aliphatic rings. The molecule has 0 aliphatic carbocycles. The van der Waals surface area contributed by atoms with E-state index in [2.05, 4.69) is 5.32 Å². The first-order valence-corrected chi connectivity index (χ1v) is 13.3. The molecule has 3 rings (SSSR count). The fourth-order valence-electron chi connectivity index (χ4n) is 4.10. The van der Waals surface area contributed by atoms with Gasteiger partial charge in [0, 0.05) is 12.1 Å². The van der Waals surface area contributed by atoms with Gasteiger partial charge in [-0.3, -0.25) is 9.10 Å². The number of nitrogens with zero attached hydrogens (tertiary/aromatic N) is 1. The highest BCUT2D eigenvalue weighted by molar-refractivity contribution is 7.93. The monoisotopic (exact) mass is 556 g/mol. The minimum Gasteiger partial charge on any atom is -0.495 e. The van der Waals surface area contributed by atoms with E-state index in [1.165, 1.54) is 46.6 Å². The average molecular weight is 557 g/mol. The van der Waals surface area contributed by atoms with Crippen LogP contribution in [0, 0.1) is 20.8 Å². The van der Waals surface area contributed by atoms with Crippen molar-refractivity contribution < 1.29 is 37.0 Å². The van der Waals surface area contributed by atoms with Crippen LogP contribution in [-0.2, 0) is 19.6 Å². The Balaban J connectivity index is 2.11. The third-order valence-corrected chi connectivity index (χ3v) is 7.67. The first-order valence-electron chi connectivity index (χ1n) is 11.8. The normalized spacial score (nSPS) is 10.9. The number of esters is 1. The highest BCUT2D eigenvalue weighted by atomic mass is 32.2. The number of benzene rings is 3. The third kappa shape index (κ3) is 6.43. The summed E-state index contributed by atoms with van der Waals surface area (Å²) in [5, 5.41) is 2.63. The smallest absolute Gasteiger partial charge is 0.340 e. The van der Waals surface area contributed by atoms with Gasteiger partial charge in [0.2, 0.25) is 5.91 Å². The molecule has 0 aliphatic heterocycles. The lowest BCUT2D eigenvalue weighted by molar-refractivity contribution is -0.114. The predicted molar refractivity (Wildman–Crippen MR) is 148 cm³/mol. The molecule has 0 fully saturated rings. The van der Waals surface area contributed by atoms with E-state index in [9.17, 15) is 18.0 Å². The van der Waals surface area contributed by atoms with Gasteiger partial charge in [0.05, 0.1) is 45.4 Å². The van der Waals surface area contributed by atoms with Crippen molar-refractivity contribution in [3.63, 3.8) is 0 Å². The molecule has 11 heteroatoms. The Bertz CT molecular complexity index is 1480. The summed E-state index contributed by atoms with van der Waals surface area (Å²) in [6.07, 6.45) is 0. The summed E-state index contributed by atoms with van der Waals surface area (Å²) in [6, 6.07) is 12.8. The Morgan fingerprint density at radius 3 is 1.92 bits per heavy atom. The summed E-state index contributed by atoms with van der Waals surface area (Å²) >= 11 is 0. The lowest BCUT2D eigenvalue weighted by Gasteiger charge is -2.26. The Morgan fingerprint density at radius 1 is 0.769 bits per heavy atom. The van der Waals surface area contributed by atoms with Gasteiger partial charge >= 0.3 is 5.97 Å². The van der Waals surface area contributed by atoms with E-state index in [0.29, 0.717) is 11.3 Å². The average Bonchev–Trinajstić information content (AvgIpc) is 2.90. The summed E-state index contributed by atoms with van der Waals surface area (Å²) in [5.74, 6) is -0.787. The van der Waals surface area contributed by atoms with Crippen molar-refractivity contribution in [2.24, 2.45) is 0 Å². The van der Waals surface area contributed by atoms with Gasteiger partial charge in [-0.2, -0.15) is 0 Å². The van der Waals surface area contributed by atoms with Gasteiger partial charge in [-0.25, -0.2) is 13.2 Å². The topological polar surface area (TPSA) is 120 Å². The summed E-state index contributed by atoms with van der Waals surface area (Å²) in [4.78, 5) is 25.8. The van der Waals surface area contributed by atoms with Crippen molar-refractivity contribution in [3.05, 3.63) is 70.8 Å². The maximum Gasteiger partial charge on any atom is 0.340 e. The van der Waals surface area contributed by atoms with Crippen LogP contribution in [-0.4, -0.2) is 55.3 Å². The Morgan fingerprint density at radius 2 is 1.36 bits per heavy atom. The Labute approximate surface area is 228 Å². The molecule has 1 N–H and O–H groups in total. The highest BCUT2D eigenvalue weighted by Gasteiger charge is 2.31. The van der Waals surface area contributed by atoms with Crippen LogP contribution in [0.4, 0.5) is 11.4 Å². The van der Waals surface area contributed by atoms with Gasteiger partial charge in [-0.15, -0.1) is 0 Å². The molecule has 0 radical (unpaired) electrons. The summed E-state index contributed by atoms with van der Waals surface area (Å²) in [7, 11) is 1.11. The van der Waals surface area contributed by atoms with Crippen molar-refractivity contribution in [2.45, 2.75) is 25.7 Å². The quantitative estimate of drug-likeness (QED) is 0.368. The molecule has 0 aromatic heterocycles. The molecule has 0 unspecified atom stereocenters. The Hall–Kier alpha value is -4.25. The Kier molecular flexibility index (Phi) is 9.08. The van der Waals surface area contributed by atoms with E-state index in [-0.39, 0.29) is 33.4 Å². The molecule has 208 valence electrons. The molecule has 0 bridgehead atoms. The fourth-order valence-corrected chi connectivity index (χ4v) is 5.74. The number of aryl methyl sites for hydroxylation is 3. The first-order chi connectivity index (χ1) is 18.4. The fraction of sp³-hybridized carbons (Fsp3) is 0.286. The van der Waals surface area contributed by atoms with Crippen LogP contribution in [0.2, 0.25) is 0 Å². The van der Waals surface area contributed by atoms with E-state index in [0.717, 1.165) is 15.4 Å². The number of carbonyl (C=O) groups excluding carboxylic acids is 2. The maximum absolute atomic E-state index is 14.0.